The number of allylic oxidation sites excluding steroid dienone is 7. The van der Waals surface area contributed by atoms with Gasteiger partial charge >= 0.3 is 0 Å². The maximum atomic E-state index is 13.5. The second-order valence-corrected chi connectivity index (χ2v) is 4.04. The Labute approximate surface area is 116 Å². The van der Waals surface area contributed by atoms with Gasteiger partial charge in [-0.15, -0.1) is 0 Å². The van der Waals surface area contributed by atoms with E-state index in [2.05, 4.69) is 40.2 Å². The molecule has 0 heterocycles. The fourth-order valence-electron chi connectivity index (χ4n) is 0.819. The van der Waals surface area contributed by atoms with Crippen molar-refractivity contribution >= 4 is 0 Å². The number of halogens is 1. The third-order valence-corrected chi connectivity index (χ3v) is 1.94. The predicted molar refractivity (Wildman–Crippen MR) is 83.8 cm³/mol. The van der Waals surface area contributed by atoms with Crippen molar-refractivity contribution in [2.45, 2.75) is 33.6 Å². The lowest BCUT2D eigenvalue weighted by Crippen LogP contribution is -1.86. The van der Waals surface area contributed by atoms with Crippen molar-refractivity contribution in [3.8, 4) is 0 Å². The van der Waals surface area contributed by atoms with Crippen LogP contribution in [0, 0.1) is 0 Å². The highest BCUT2D eigenvalue weighted by atomic mass is 19.1. The Morgan fingerprint density at radius 3 is 1.89 bits per heavy atom. The lowest BCUT2D eigenvalue weighted by Gasteiger charge is -2.03. The molecular formula is C17H25FO. The Kier molecular flexibility index (Phi) is 11.6. The first-order valence-electron chi connectivity index (χ1n) is 6.29. The van der Waals surface area contributed by atoms with Crippen LogP contribution in [0.5, 0.6) is 0 Å². The van der Waals surface area contributed by atoms with E-state index in [1.165, 1.54) is 24.6 Å². The summed E-state index contributed by atoms with van der Waals surface area (Å²) in [5, 5.41) is 8.83. The molecule has 1 nitrogen and oxygen atoms in total. The third-order valence-electron chi connectivity index (χ3n) is 1.94. The summed E-state index contributed by atoms with van der Waals surface area (Å²) in [6.07, 6.45) is 6.04. The molecule has 0 spiro atoms. The maximum Gasteiger partial charge on any atom is 0.130 e. The van der Waals surface area contributed by atoms with E-state index in [0.717, 1.165) is 0 Å². The van der Waals surface area contributed by atoms with Gasteiger partial charge in [-0.05, 0) is 24.1 Å². The van der Waals surface area contributed by atoms with Crippen LogP contribution in [0.25, 0.3) is 0 Å². The largest absolute Gasteiger partial charge is 0.509 e. The van der Waals surface area contributed by atoms with E-state index in [0.29, 0.717) is 17.6 Å². The van der Waals surface area contributed by atoms with Crippen molar-refractivity contribution in [2.24, 2.45) is 0 Å². The highest BCUT2D eigenvalue weighted by Gasteiger charge is 2.03. The molecule has 0 radical (unpaired) electrons. The molecule has 0 amide bonds. The molecule has 106 valence electrons. The first-order chi connectivity index (χ1) is 8.79. The zero-order valence-electron chi connectivity index (χ0n) is 12.3. The fraction of sp³-hybridized carbons (Fsp3) is 0.294. The summed E-state index contributed by atoms with van der Waals surface area (Å²) in [4.78, 5) is 0. The van der Waals surface area contributed by atoms with Gasteiger partial charge in [0.25, 0.3) is 0 Å². The smallest absolute Gasteiger partial charge is 0.130 e. The van der Waals surface area contributed by atoms with Gasteiger partial charge in [0.2, 0.25) is 0 Å². The number of aliphatic hydroxyl groups excluding tert-OH is 1. The van der Waals surface area contributed by atoms with Gasteiger partial charge in [-0.3, -0.25) is 0 Å². The SMILES string of the molecule is C=C(O)/C=C\C(=C)C(=C)/C(F)=C\C(=C)CC.CCC. The van der Waals surface area contributed by atoms with Crippen LogP contribution in [0.2, 0.25) is 0 Å². The average molecular weight is 264 g/mol. The van der Waals surface area contributed by atoms with E-state index in [4.69, 9.17) is 5.11 Å². The number of hydrogen-bond donors (Lipinski definition) is 1. The second-order valence-electron chi connectivity index (χ2n) is 4.04. The first-order valence-corrected chi connectivity index (χ1v) is 6.29. The van der Waals surface area contributed by atoms with Crippen LogP contribution in [0.15, 0.2) is 72.8 Å². The van der Waals surface area contributed by atoms with Crippen LogP contribution in [0.1, 0.15) is 33.6 Å². The molecule has 0 aromatic heterocycles. The van der Waals surface area contributed by atoms with Crippen molar-refractivity contribution < 1.29 is 9.50 Å². The Balaban J connectivity index is 0. The molecule has 0 saturated heterocycles. The van der Waals surface area contributed by atoms with Gasteiger partial charge in [0, 0.05) is 5.57 Å². The molecule has 0 unspecified atom stereocenters. The second kappa shape index (κ2) is 11.3. The van der Waals surface area contributed by atoms with E-state index in [1.54, 1.807) is 0 Å². The van der Waals surface area contributed by atoms with E-state index >= 15 is 0 Å². The van der Waals surface area contributed by atoms with E-state index in [-0.39, 0.29) is 11.3 Å². The molecule has 0 aliphatic heterocycles. The zero-order chi connectivity index (χ0) is 15.4. The van der Waals surface area contributed by atoms with Gasteiger partial charge in [0.1, 0.15) is 11.6 Å². The number of hydrogen-bond acceptors (Lipinski definition) is 1. The van der Waals surface area contributed by atoms with Crippen LogP contribution < -0.4 is 0 Å². The molecule has 0 aromatic carbocycles. The molecule has 0 aromatic rings. The van der Waals surface area contributed by atoms with Gasteiger partial charge < -0.3 is 5.11 Å². The summed E-state index contributed by atoms with van der Waals surface area (Å²) in [5.74, 6) is -0.582. The quantitative estimate of drug-likeness (QED) is 0.463. The van der Waals surface area contributed by atoms with Gasteiger partial charge in [-0.1, -0.05) is 65.2 Å². The molecule has 0 saturated carbocycles. The van der Waals surface area contributed by atoms with Crippen LogP contribution in [0.3, 0.4) is 0 Å². The van der Waals surface area contributed by atoms with Crippen molar-refractivity contribution in [2.75, 3.05) is 0 Å². The Hall–Kier alpha value is -1.83. The molecule has 0 aliphatic rings. The van der Waals surface area contributed by atoms with Crippen LogP contribution >= 0.6 is 0 Å². The van der Waals surface area contributed by atoms with Crippen LogP contribution in [0.4, 0.5) is 4.39 Å². The molecule has 0 atom stereocenters. The summed E-state index contributed by atoms with van der Waals surface area (Å²) in [7, 11) is 0. The van der Waals surface area contributed by atoms with Crippen LogP contribution in [-0.4, -0.2) is 5.11 Å². The van der Waals surface area contributed by atoms with E-state index in [9.17, 15) is 4.39 Å². The fourth-order valence-corrected chi connectivity index (χ4v) is 0.819. The maximum absolute atomic E-state index is 13.5. The standard InChI is InChI=1S/C14H17FO.C3H8/c1-6-10(2)9-14(15)13(5)11(3)7-8-12(4)16;1-3-2/h7-9,16H,2-6H2,1H3;3H2,1-2H3/b8-7-,14-9+;. The predicted octanol–water partition coefficient (Wildman–Crippen LogP) is 5.96. The third kappa shape index (κ3) is 11.0. The summed E-state index contributed by atoms with van der Waals surface area (Å²) in [6, 6.07) is 0. The minimum Gasteiger partial charge on any atom is -0.509 e. The average Bonchev–Trinajstić information content (AvgIpc) is 2.35. The minimum absolute atomic E-state index is 0.115. The Morgan fingerprint density at radius 2 is 1.53 bits per heavy atom. The van der Waals surface area contributed by atoms with Crippen molar-refractivity contribution in [1.29, 1.82) is 0 Å². The van der Waals surface area contributed by atoms with Crippen molar-refractivity contribution in [3.05, 3.63) is 72.8 Å². The van der Waals surface area contributed by atoms with Crippen molar-refractivity contribution in [1.82, 2.24) is 0 Å². The minimum atomic E-state index is -0.468. The molecule has 19 heavy (non-hydrogen) atoms. The lowest BCUT2D eigenvalue weighted by atomic mass is 10.1. The summed E-state index contributed by atoms with van der Waals surface area (Å²) in [5.41, 5.74) is 1.24. The highest BCUT2D eigenvalue weighted by Crippen LogP contribution is 2.20. The monoisotopic (exact) mass is 264 g/mol. The normalized spacial score (nSPS) is 10.6. The van der Waals surface area contributed by atoms with Crippen molar-refractivity contribution in [3.63, 3.8) is 0 Å². The highest BCUT2D eigenvalue weighted by molar-refractivity contribution is 5.48. The van der Waals surface area contributed by atoms with Gasteiger partial charge in [0.05, 0.1) is 0 Å². The number of rotatable bonds is 6. The molecular weight excluding hydrogens is 239 g/mol. The lowest BCUT2D eigenvalue weighted by molar-refractivity contribution is 0.435. The van der Waals surface area contributed by atoms with E-state index in [1.807, 2.05) is 6.92 Å². The summed E-state index contributed by atoms with van der Waals surface area (Å²) in [6.45, 7) is 20.3. The summed E-state index contributed by atoms with van der Waals surface area (Å²) < 4.78 is 13.5. The summed E-state index contributed by atoms with van der Waals surface area (Å²) >= 11 is 0. The zero-order valence-corrected chi connectivity index (χ0v) is 12.3. The topological polar surface area (TPSA) is 20.2 Å². The van der Waals surface area contributed by atoms with Gasteiger partial charge in [0.15, 0.2) is 0 Å². The van der Waals surface area contributed by atoms with Crippen LogP contribution in [-0.2, 0) is 0 Å². The molecule has 0 rings (SSSR count). The molecule has 0 aliphatic carbocycles. The first kappa shape index (κ1) is 19.5. The Bertz CT molecular complexity index is 397. The Morgan fingerprint density at radius 1 is 1.05 bits per heavy atom. The van der Waals surface area contributed by atoms with Gasteiger partial charge in [-0.2, -0.15) is 0 Å². The van der Waals surface area contributed by atoms with Gasteiger partial charge in [-0.25, -0.2) is 4.39 Å². The van der Waals surface area contributed by atoms with E-state index < -0.39 is 5.83 Å². The molecule has 2 heteroatoms. The number of aliphatic hydroxyl groups is 1. The molecule has 0 fully saturated rings. The molecule has 0 bridgehead atoms. The molecule has 1 N–H and O–H groups in total.